The van der Waals surface area contributed by atoms with Crippen molar-refractivity contribution in [3.05, 3.63) is 41.5 Å². The van der Waals surface area contributed by atoms with Crippen LogP contribution in [-0.4, -0.2) is 52.9 Å². The maximum atomic E-state index is 14.2. The first-order valence-electron chi connectivity index (χ1n) is 13.2. The normalized spacial score (nSPS) is 14.7. The summed E-state index contributed by atoms with van der Waals surface area (Å²) in [5.41, 5.74) is 1.14. The lowest BCUT2D eigenvalue weighted by atomic mass is 10.0. The van der Waals surface area contributed by atoms with E-state index in [-0.39, 0.29) is 18.9 Å². The van der Waals surface area contributed by atoms with Gasteiger partial charge in [0.15, 0.2) is 0 Å². The van der Waals surface area contributed by atoms with Crippen LogP contribution in [0.15, 0.2) is 24.5 Å². The van der Waals surface area contributed by atoms with Crippen LogP contribution in [0.3, 0.4) is 0 Å². The molecule has 1 aliphatic heterocycles. The first-order valence-corrected chi connectivity index (χ1v) is 13.2. The van der Waals surface area contributed by atoms with Crippen molar-refractivity contribution in [2.75, 3.05) is 13.1 Å². The Morgan fingerprint density at radius 1 is 1.05 bits per heavy atom. The van der Waals surface area contributed by atoms with Crippen LogP contribution >= 0.6 is 0 Å². The molecule has 2 N–H and O–H groups in total. The number of rotatable bonds is 6. The fourth-order valence-corrected chi connectivity index (χ4v) is 3.71. The smallest absolute Gasteiger partial charge is 0.350 e. The van der Waals surface area contributed by atoms with Crippen molar-refractivity contribution in [2.24, 2.45) is 5.92 Å². The predicted octanol–water partition coefficient (Wildman–Crippen LogP) is 5.30. The molecule has 1 aromatic carbocycles. The number of carbonyl (C=O) groups excluding carboxylic acids is 3. The lowest BCUT2D eigenvalue weighted by Crippen LogP contribution is -2.50. The second kappa shape index (κ2) is 16.0. The molecule has 7 nitrogen and oxygen atoms in total. The Hall–Kier alpha value is -3.24. The monoisotopic (exact) mass is 556 g/mol. The first-order chi connectivity index (χ1) is 18.3. The molecule has 2 heterocycles. The zero-order chi connectivity index (χ0) is 29.8. The third-order valence-corrected chi connectivity index (χ3v) is 5.38. The number of nitrogens with one attached hydrogen (secondary N) is 2. The Kier molecular flexibility index (Phi) is 13.9. The highest BCUT2D eigenvalue weighted by molar-refractivity contribution is 5.92. The number of amides is 3. The third-order valence-electron chi connectivity index (χ3n) is 5.38. The van der Waals surface area contributed by atoms with E-state index in [0.717, 1.165) is 16.2 Å². The lowest BCUT2D eigenvalue weighted by molar-refractivity contribution is -0.174. The molecule has 3 rings (SSSR count). The standard InChI is InChI=1S/C21H22F4N4O3.C4H10.C3H8/c1-2-12-6-13-8-26-9-14(15(13)7-16(12)22)10-27-19(31)17-4-3-5-29(17)18(30)11-28-20(32)21(23,24)25;1-4(2)3;1-3-2/h6-9,17H,2-5,10-11H2,1H3,(H,27,31)(H,28,32);4H,1-3H3;3H2,1-2H3. The van der Waals surface area contributed by atoms with Gasteiger partial charge in [-0.05, 0) is 53.8 Å². The molecule has 11 heteroatoms. The number of aryl methyl sites for hydroxylation is 1. The van der Waals surface area contributed by atoms with Crippen molar-refractivity contribution < 1.29 is 31.9 Å². The largest absolute Gasteiger partial charge is 0.471 e. The number of carbonyl (C=O) groups is 3. The molecule has 0 saturated carbocycles. The van der Waals surface area contributed by atoms with Crippen LogP contribution in [0.5, 0.6) is 0 Å². The number of hydrogen-bond donors (Lipinski definition) is 2. The molecule has 3 amide bonds. The molecule has 1 saturated heterocycles. The van der Waals surface area contributed by atoms with Crippen LogP contribution in [0.1, 0.15) is 71.9 Å². The zero-order valence-corrected chi connectivity index (χ0v) is 23.5. The van der Waals surface area contributed by atoms with Gasteiger partial charge in [-0.1, -0.05) is 48.0 Å². The summed E-state index contributed by atoms with van der Waals surface area (Å²) in [5.74, 6) is -3.00. The molecule has 2 aromatic rings. The molecule has 1 aromatic heterocycles. The van der Waals surface area contributed by atoms with Crippen LogP contribution in [0, 0.1) is 11.7 Å². The lowest BCUT2D eigenvalue weighted by Gasteiger charge is -2.24. The van der Waals surface area contributed by atoms with E-state index in [9.17, 15) is 31.9 Å². The number of hydrogen-bond acceptors (Lipinski definition) is 4. The van der Waals surface area contributed by atoms with Crippen molar-refractivity contribution >= 4 is 28.5 Å². The Labute approximate surface area is 227 Å². The van der Waals surface area contributed by atoms with Gasteiger partial charge >= 0.3 is 12.1 Å². The molecule has 1 fully saturated rings. The van der Waals surface area contributed by atoms with E-state index in [0.29, 0.717) is 35.8 Å². The van der Waals surface area contributed by atoms with E-state index >= 15 is 0 Å². The highest BCUT2D eigenvalue weighted by Gasteiger charge is 2.40. The van der Waals surface area contributed by atoms with Crippen LogP contribution in [-0.2, 0) is 27.3 Å². The van der Waals surface area contributed by atoms with Crippen molar-refractivity contribution in [3.63, 3.8) is 0 Å². The van der Waals surface area contributed by atoms with Crippen LogP contribution < -0.4 is 10.6 Å². The predicted molar refractivity (Wildman–Crippen MR) is 143 cm³/mol. The number of benzene rings is 1. The average Bonchev–Trinajstić information content (AvgIpc) is 3.35. The Bertz CT molecular complexity index is 1100. The van der Waals surface area contributed by atoms with E-state index < -0.39 is 36.5 Å². The number of pyridine rings is 1. The number of fused-ring (bicyclic) bond motifs is 1. The van der Waals surface area contributed by atoms with Gasteiger partial charge in [-0.15, -0.1) is 0 Å². The van der Waals surface area contributed by atoms with Gasteiger partial charge in [-0.25, -0.2) is 4.39 Å². The minimum Gasteiger partial charge on any atom is -0.350 e. The topological polar surface area (TPSA) is 91.4 Å². The van der Waals surface area contributed by atoms with Crippen LogP contribution in [0.25, 0.3) is 10.8 Å². The minimum atomic E-state index is -5.09. The summed E-state index contributed by atoms with van der Waals surface area (Å²) in [6, 6.07) is 2.23. The molecular weight excluding hydrogens is 516 g/mol. The summed E-state index contributed by atoms with van der Waals surface area (Å²) in [7, 11) is 0. The van der Waals surface area contributed by atoms with Gasteiger partial charge in [-0.2, -0.15) is 13.2 Å². The summed E-state index contributed by atoms with van der Waals surface area (Å²) in [4.78, 5) is 41.1. The molecule has 1 aliphatic rings. The second-order valence-electron chi connectivity index (χ2n) is 9.90. The third kappa shape index (κ3) is 10.8. The van der Waals surface area contributed by atoms with E-state index in [1.165, 1.54) is 24.0 Å². The van der Waals surface area contributed by atoms with Gasteiger partial charge < -0.3 is 15.5 Å². The summed E-state index contributed by atoms with van der Waals surface area (Å²) < 4.78 is 51.1. The van der Waals surface area contributed by atoms with Gasteiger partial charge in [0.25, 0.3) is 0 Å². The van der Waals surface area contributed by atoms with Crippen LogP contribution in [0.4, 0.5) is 17.6 Å². The first kappa shape index (κ1) is 33.8. The quantitative estimate of drug-likeness (QED) is 0.473. The van der Waals surface area contributed by atoms with E-state index in [1.54, 1.807) is 12.3 Å². The summed E-state index contributed by atoms with van der Waals surface area (Å²) in [6.45, 7) is 12.0. The molecule has 39 heavy (non-hydrogen) atoms. The van der Waals surface area contributed by atoms with Crippen molar-refractivity contribution in [2.45, 2.75) is 86.0 Å². The summed E-state index contributed by atoms with van der Waals surface area (Å²) in [5, 5.41) is 5.54. The zero-order valence-electron chi connectivity index (χ0n) is 23.5. The molecule has 1 atom stereocenters. The Balaban J connectivity index is 0.000000975. The van der Waals surface area contributed by atoms with Crippen molar-refractivity contribution in [1.82, 2.24) is 20.5 Å². The number of aromatic nitrogens is 1. The fourth-order valence-electron chi connectivity index (χ4n) is 3.71. The molecule has 0 spiro atoms. The number of alkyl halides is 3. The average molecular weight is 557 g/mol. The molecule has 0 bridgehead atoms. The van der Waals surface area contributed by atoms with Crippen molar-refractivity contribution in [1.29, 1.82) is 0 Å². The highest BCUT2D eigenvalue weighted by Crippen LogP contribution is 2.23. The summed E-state index contributed by atoms with van der Waals surface area (Å²) >= 11 is 0. The van der Waals surface area contributed by atoms with Crippen LogP contribution in [0.2, 0.25) is 0 Å². The Morgan fingerprint density at radius 3 is 2.23 bits per heavy atom. The van der Waals surface area contributed by atoms with E-state index in [2.05, 4.69) is 44.9 Å². The molecule has 0 aliphatic carbocycles. The number of halogens is 4. The van der Waals surface area contributed by atoms with Gasteiger partial charge in [0.2, 0.25) is 11.8 Å². The van der Waals surface area contributed by atoms with Gasteiger partial charge in [0, 0.05) is 30.9 Å². The van der Waals surface area contributed by atoms with Gasteiger partial charge in [-0.3, -0.25) is 19.4 Å². The SMILES string of the molecule is CC(C)C.CCC.CCc1cc2cncc(CNC(=O)C3CCCN3C(=O)CNC(=O)C(F)(F)F)c2cc1F. The second-order valence-corrected chi connectivity index (χ2v) is 9.90. The number of nitrogens with zero attached hydrogens (tertiary/aromatic N) is 2. The minimum absolute atomic E-state index is 0.0391. The van der Waals surface area contributed by atoms with E-state index in [4.69, 9.17) is 0 Å². The Morgan fingerprint density at radius 2 is 1.67 bits per heavy atom. The van der Waals surface area contributed by atoms with E-state index in [1.807, 2.05) is 6.92 Å². The highest BCUT2D eigenvalue weighted by atomic mass is 19.4. The fraction of sp³-hybridized carbons (Fsp3) is 0.571. The van der Waals surface area contributed by atoms with Gasteiger partial charge in [0.05, 0.1) is 6.54 Å². The maximum Gasteiger partial charge on any atom is 0.471 e. The molecule has 0 radical (unpaired) electrons. The molecule has 218 valence electrons. The van der Waals surface area contributed by atoms with Gasteiger partial charge in [0.1, 0.15) is 11.9 Å². The molecular formula is C28H40F4N4O3. The maximum absolute atomic E-state index is 14.2. The number of likely N-dealkylation sites (tertiary alicyclic amines) is 1. The molecule has 1 unspecified atom stereocenters. The summed E-state index contributed by atoms with van der Waals surface area (Å²) in [6.07, 6.45) is 0.637. The van der Waals surface area contributed by atoms with Crippen molar-refractivity contribution in [3.8, 4) is 0 Å².